The van der Waals surface area contributed by atoms with Crippen LogP contribution in [0.1, 0.15) is 37.1 Å². The second-order valence-electron chi connectivity index (χ2n) is 5.34. The van der Waals surface area contributed by atoms with Gasteiger partial charge in [0.2, 0.25) is 0 Å². The van der Waals surface area contributed by atoms with Gasteiger partial charge in [0.1, 0.15) is 5.82 Å². The van der Waals surface area contributed by atoms with Crippen LogP contribution >= 0.6 is 11.6 Å². The van der Waals surface area contributed by atoms with Crippen LogP contribution in [0.3, 0.4) is 0 Å². The first-order valence-electron chi connectivity index (χ1n) is 6.93. The Morgan fingerprint density at radius 2 is 1.81 bits per heavy atom. The maximum Gasteiger partial charge on any atom is 0.146 e. The summed E-state index contributed by atoms with van der Waals surface area (Å²) in [6.07, 6.45) is 0. The van der Waals surface area contributed by atoms with E-state index >= 15 is 0 Å². The van der Waals surface area contributed by atoms with Crippen LogP contribution in [-0.4, -0.2) is 7.05 Å². The highest BCUT2D eigenvalue weighted by Crippen LogP contribution is 2.29. The van der Waals surface area contributed by atoms with E-state index in [0.29, 0.717) is 10.7 Å². The van der Waals surface area contributed by atoms with E-state index in [2.05, 4.69) is 0 Å². The molecule has 21 heavy (non-hydrogen) atoms. The van der Waals surface area contributed by atoms with Gasteiger partial charge < -0.3 is 10.6 Å². The number of rotatable bonds is 4. The van der Waals surface area contributed by atoms with Crippen molar-refractivity contribution in [2.45, 2.75) is 25.9 Å². The molecule has 0 saturated heterocycles. The number of hydrogen-bond acceptors (Lipinski definition) is 2. The number of benzene rings is 2. The third kappa shape index (κ3) is 3.55. The second-order valence-corrected chi connectivity index (χ2v) is 5.78. The Hall–Kier alpha value is -1.58. The number of hydrogen-bond donors (Lipinski definition) is 1. The normalized spacial score (nSPS) is 13.8. The lowest BCUT2D eigenvalue weighted by molar-refractivity contribution is 0.607. The molecule has 0 bridgehead atoms. The van der Waals surface area contributed by atoms with Gasteiger partial charge in [0, 0.05) is 18.1 Å². The highest BCUT2D eigenvalue weighted by Gasteiger charge is 2.16. The molecule has 0 amide bonds. The first-order chi connectivity index (χ1) is 9.90. The summed E-state index contributed by atoms with van der Waals surface area (Å²) >= 11 is 6.02. The molecule has 2 rings (SSSR count). The van der Waals surface area contributed by atoms with Crippen molar-refractivity contribution in [2.24, 2.45) is 5.73 Å². The van der Waals surface area contributed by atoms with Gasteiger partial charge in [0.05, 0.1) is 11.7 Å². The summed E-state index contributed by atoms with van der Waals surface area (Å²) in [5.41, 5.74) is 8.16. The standard InChI is InChI=1S/C17H20ClFN2/c1-11(20)13-7-8-17(16(19)10-13)21(3)12(2)14-5-4-6-15(18)9-14/h4-12H,20H2,1-3H3. The third-order valence-corrected chi connectivity index (χ3v) is 4.02. The largest absolute Gasteiger partial charge is 0.365 e. The van der Waals surface area contributed by atoms with E-state index in [0.717, 1.165) is 11.1 Å². The predicted octanol–water partition coefficient (Wildman–Crippen LogP) is 4.70. The van der Waals surface area contributed by atoms with E-state index in [1.165, 1.54) is 6.07 Å². The van der Waals surface area contributed by atoms with Crippen molar-refractivity contribution in [3.63, 3.8) is 0 Å². The Morgan fingerprint density at radius 3 is 2.38 bits per heavy atom. The van der Waals surface area contributed by atoms with Gasteiger partial charge >= 0.3 is 0 Å². The maximum absolute atomic E-state index is 14.3. The fourth-order valence-corrected chi connectivity index (χ4v) is 2.49. The molecule has 2 nitrogen and oxygen atoms in total. The topological polar surface area (TPSA) is 29.3 Å². The van der Waals surface area contributed by atoms with Crippen molar-refractivity contribution in [3.8, 4) is 0 Å². The zero-order chi connectivity index (χ0) is 15.6. The molecule has 0 saturated carbocycles. The lowest BCUT2D eigenvalue weighted by atomic mass is 10.0. The van der Waals surface area contributed by atoms with Crippen molar-refractivity contribution in [3.05, 3.63) is 64.4 Å². The van der Waals surface area contributed by atoms with E-state index in [1.807, 2.05) is 56.1 Å². The summed E-state index contributed by atoms with van der Waals surface area (Å²) in [6, 6.07) is 12.6. The van der Waals surface area contributed by atoms with Crippen LogP contribution in [0, 0.1) is 5.82 Å². The number of nitrogens with zero attached hydrogens (tertiary/aromatic N) is 1. The van der Waals surface area contributed by atoms with Gasteiger partial charge in [-0.15, -0.1) is 0 Å². The Kier molecular flexibility index (Phi) is 4.86. The molecule has 112 valence electrons. The summed E-state index contributed by atoms with van der Waals surface area (Å²) < 4.78 is 14.3. The molecule has 4 heteroatoms. The van der Waals surface area contributed by atoms with Gasteiger partial charge in [-0.2, -0.15) is 0 Å². The van der Waals surface area contributed by atoms with Crippen molar-refractivity contribution in [1.82, 2.24) is 0 Å². The zero-order valence-corrected chi connectivity index (χ0v) is 13.2. The average molecular weight is 307 g/mol. The monoisotopic (exact) mass is 306 g/mol. The van der Waals surface area contributed by atoms with Crippen molar-refractivity contribution < 1.29 is 4.39 Å². The van der Waals surface area contributed by atoms with Crippen molar-refractivity contribution in [1.29, 1.82) is 0 Å². The molecule has 0 heterocycles. The van der Waals surface area contributed by atoms with Gasteiger partial charge in [0.15, 0.2) is 0 Å². The molecule has 0 spiro atoms. The average Bonchev–Trinajstić information content (AvgIpc) is 2.45. The molecule has 2 aromatic rings. The highest BCUT2D eigenvalue weighted by atomic mass is 35.5. The van der Waals surface area contributed by atoms with E-state index in [9.17, 15) is 4.39 Å². The fraction of sp³-hybridized carbons (Fsp3) is 0.294. The van der Waals surface area contributed by atoms with Crippen LogP contribution in [0.15, 0.2) is 42.5 Å². The van der Waals surface area contributed by atoms with Gasteiger partial charge in [-0.25, -0.2) is 4.39 Å². The molecule has 0 fully saturated rings. The number of nitrogens with two attached hydrogens (primary N) is 1. The summed E-state index contributed by atoms with van der Waals surface area (Å²) in [4.78, 5) is 1.89. The van der Waals surface area contributed by atoms with Crippen molar-refractivity contribution >= 4 is 17.3 Å². The summed E-state index contributed by atoms with van der Waals surface area (Å²) in [5, 5.41) is 0.681. The van der Waals surface area contributed by atoms with E-state index in [4.69, 9.17) is 17.3 Å². The molecule has 2 N–H and O–H groups in total. The quantitative estimate of drug-likeness (QED) is 0.887. The van der Waals surface area contributed by atoms with E-state index in [-0.39, 0.29) is 17.9 Å². The SMILES string of the molecule is CC(N)c1ccc(N(C)C(C)c2cccc(Cl)c2)c(F)c1. The third-order valence-electron chi connectivity index (χ3n) is 3.79. The summed E-state index contributed by atoms with van der Waals surface area (Å²) in [7, 11) is 1.87. The minimum Gasteiger partial charge on any atom is -0.365 e. The van der Waals surface area contributed by atoms with Crippen LogP contribution in [0.5, 0.6) is 0 Å². The van der Waals surface area contributed by atoms with Crippen LogP contribution in [-0.2, 0) is 0 Å². The fourth-order valence-electron chi connectivity index (χ4n) is 2.29. The van der Waals surface area contributed by atoms with Crippen LogP contribution < -0.4 is 10.6 Å². The smallest absolute Gasteiger partial charge is 0.146 e. The molecule has 0 aliphatic heterocycles. The lowest BCUT2D eigenvalue weighted by Crippen LogP contribution is -2.23. The molecular weight excluding hydrogens is 287 g/mol. The molecule has 0 radical (unpaired) electrons. The van der Waals surface area contributed by atoms with Crippen LogP contribution in [0.25, 0.3) is 0 Å². The van der Waals surface area contributed by atoms with Crippen LogP contribution in [0.4, 0.5) is 10.1 Å². The zero-order valence-electron chi connectivity index (χ0n) is 12.5. The molecule has 2 atom stereocenters. The first-order valence-corrected chi connectivity index (χ1v) is 7.31. The number of anilines is 1. The minimum absolute atomic E-state index is 0.0133. The Labute approximate surface area is 130 Å². The van der Waals surface area contributed by atoms with Gasteiger partial charge in [-0.3, -0.25) is 0 Å². The van der Waals surface area contributed by atoms with E-state index < -0.39 is 0 Å². The molecule has 2 aromatic carbocycles. The van der Waals surface area contributed by atoms with Gasteiger partial charge in [-0.1, -0.05) is 29.8 Å². The summed E-state index contributed by atoms with van der Waals surface area (Å²) in [5.74, 6) is -0.263. The minimum atomic E-state index is -0.263. The Bertz CT molecular complexity index is 628. The molecule has 0 aliphatic carbocycles. The molecule has 0 aromatic heterocycles. The summed E-state index contributed by atoms with van der Waals surface area (Å²) in [6.45, 7) is 3.86. The molecular formula is C17H20ClFN2. The Balaban J connectivity index is 2.29. The second kappa shape index (κ2) is 6.46. The van der Waals surface area contributed by atoms with Crippen molar-refractivity contribution in [2.75, 3.05) is 11.9 Å². The first kappa shape index (κ1) is 15.8. The van der Waals surface area contributed by atoms with E-state index in [1.54, 1.807) is 6.07 Å². The highest BCUT2D eigenvalue weighted by molar-refractivity contribution is 6.30. The Morgan fingerprint density at radius 1 is 1.10 bits per heavy atom. The number of halogens is 2. The molecule has 2 unspecified atom stereocenters. The van der Waals surface area contributed by atoms with Crippen LogP contribution in [0.2, 0.25) is 5.02 Å². The van der Waals surface area contributed by atoms with Gasteiger partial charge in [-0.05, 0) is 49.2 Å². The van der Waals surface area contributed by atoms with Gasteiger partial charge in [0.25, 0.3) is 0 Å². The molecule has 0 aliphatic rings. The predicted molar refractivity (Wildman–Crippen MR) is 87.3 cm³/mol. The lowest BCUT2D eigenvalue weighted by Gasteiger charge is -2.28. The maximum atomic E-state index is 14.3.